The van der Waals surface area contributed by atoms with Crippen molar-refractivity contribution in [1.29, 1.82) is 0 Å². The van der Waals surface area contributed by atoms with Crippen molar-refractivity contribution < 1.29 is 27.2 Å². The first kappa shape index (κ1) is 37.6. The molecule has 0 bridgehead atoms. The quantitative estimate of drug-likeness (QED) is 0.290. The third kappa shape index (κ3) is 8.15. The van der Waals surface area contributed by atoms with Crippen molar-refractivity contribution in [1.82, 2.24) is 14.5 Å². The fraction of sp³-hybridized carbons (Fsp3) is 0.676. The second-order valence-electron chi connectivity index (χ2n) is 14.4. The number of hydrogen-bond donors (Lipinski definition) is 1. The van der Waals surface area contributed by atoms with Gasteiger partial charge in [0.15, 0.2) is 0 Å². The Bertz CT molecular complexity index is 1390. The molecule has 0 saturated carbocycles. The molecule has 47 heavy (non-hydrogen) atoms. The van der Waals surface area contributed by atoms with E-state index >= 15 is 0 Å². The Morgan fingerprint density at radius 3 is 2.21 bits per heavy atom. The van der Waals surface area contributed by atoms with Crippen molar-refractivity contribution in [3.63, 3.8) is 0 Å². The molecule has 1 amide bonds. The summed E-state index contributed by atoms with van der Waals surface area (Å²) in [5.74, 6) is -0.0946. The van der Waals surface area contributed by atoms with Crippen LogP contribution in [-0.2, 0) is 29.0 Å². The van der Waals surface area contributed by atoms with Crippen molar-refractivity contribution in [2.24, 2.45) is 0 Å². The lowest BCUT2D eigenvalue weighted by Crippen LogP contribution is -2.66. The molecular weight excluding hydrogens is 633 g/mol. The number of benzene rings is 1. The summed E-state index contributed by atoms with van der Waals surface area (Å²) < 4.78 is 36.6. The molecule has 0 aliphatic carbocycles. The standard InChI is InChI=1S/C34H56N4O7Si2/c1-22(2)46(23(3)4)42-21-29-31(44-47(45-46,24(5)6)25(7)8)30(41-18-17-37(10)11)28(43-29)20-38-19-26(9)32(36-34(38)40)35-33(39)27-15-13-12-14-16-27/h12-16,19,22-25,28-31H,17-18,20-21H2,1-11H3,(H,35,36,39,40)/t28-,29+,30-,31+/m0/s1. The molecule has 2 aliphatic rings. The van der Waals surface area contributed by atoms with E-state index in [-0.39, 0.29) is 40.4 Å². The predicted molar refractivity (Wildman–Crippen MR) is 188 cm³/mol. The monoisotopic (exact) mass is 688 g/mol. The van der Waals surface area contributed by atoms with Crippen LogP contribution in [0.2, 0.25) is 22.2 Å². The second-order valence-corrected chi connectivity index (χ2v) is 23.3. The number of anilines is 1. The van der Waals surface area contributed by atoms with Gasteiger partial charge in [0, 0.05) is 23.9 Å². The Labute approximate surface area is 282 Å². The highest BCUT2D eigenvalue weighted by molar-refractivity contribution is 6.84. The van der Waals surface area contributed by atoms with Gasteiger partial charge in [-0.1, -0.05) is 73.6 Å². The van der Waals surface area contributed by atoms with E-state index in [4.69, 9.17) is 22.4 Å². The van der Waals surface area contributed by atoms with Crippen LogP contribution in [0.4, 0.5) is 5.82 Å². The summed E-state index contributed by atoms with van der Waals surface area (Å²) in [6.07, 6.45) is -0.0742. The number of hydrogen-bond acceptors (Lipinski definition) is 9. The molecule has 2 saturated heterocycles. The summed E-state index contributed by atoms with van der Waals surface area (Å²) in [6, 6.07) is 8.85. The summed E-state index contributed by atoms with van der Waals surface area (Å²) in [4.78, 5) is 32.5. The molecule has 1 aromatic heterocycles. The minimum atomic E-state index is -2.92. The molecule has 13 heteroatoms. The van der Waals surface area contributed by atoms with E-state index in [1.54, 1.807) is 30.5 Å². The molecular formula is C34H56N4O7Si2. The van der Waals surface area contributed by atoms with Crippen molar-refractivity contribution >= 4 is 28.8 Å². The third-order valence-electron chi connectivity index (χ3n) is 9.41. The fourth-order valence-electron chi connectivity index (χ4n) is 6.76. The van der Waals surface area contributed by atoms with E-state index in [1.165, 1.54) is 4.57 Å². The zero-order valence-electron chi connectivity index (χ0n) is 30.1. The molecule has 262 valence electrons. The number of carbonyl (C=O) groups is 1. The van der Waals surface area contributed by atoms with Gasteiger partial charge in [-0.3, -0.25) is 9.36 Å². The van der Waals surface area contributed by atoms with Crippen molar-refractivity contribution in [3.05, 3.63) is 58.1 Å². The van der Waals surface area contributed by atoms with Crippen LogP contribution in [0, 0.1) is 6.92 Å². The lowest BCUT2D eigenvalue weighted by molar-refractivity contribution is -0.0480. The Hall–Kier alpha value is -2.24. The van der Waals surface area contributed by atoms with Crippen LogP contribution in [0.15, 0.2) is 41.3 Å². The van der Waals surface area contributed by atoms with Gasteiger partial charge in [0.1, 0.15) is 30.2 Å². The van der Waals surface area contributed by atoms with Gasteiger partial charge in [-0.15, -0.1) is 0 Å². The predicted octanol–water partition coefficient (Wildman–Crippen LogP) is 5.47. The average Bonchev–Trinajstić information content (AvgIpc) is 3.29. The van der Waals surface area contributed by atoms with Gasteiger partial charge in [0.25, 0.3) is 5.91 Å². The zero-order valence-corrected chi connectivity index (χ0v) is 32.1. The topological polar surface area (TPSA) is 113 Å². The van der Waals surface area contributed by atoms with Crippen molar-refractivity contribution in [2.75, 3.05) is 39.2 Å². The first-order valence-electron chi connectivity index (χ1n) is 17.0. The smallest absolute Gasteiger partial charge is 0.349 e. The minimum Gasteiger partial charge on any atom is -0.414 e. The first-order chi connectivity index (χ1) is 22.1. The first-order valence-corrected chi connectivity index (χ1v) is 20.9. The SMILES string of the molecule is Cc1cn(C[C@@H]2O[C@@H]3CO[Si](C(C)C)(C(C)C)O[Si](C(C)C)(C(C)C)O[C@H]3[C@H]2OCCN(C)C)c(=O)nc1NC(=O)c1ccccc1. The highest BCUT2D eigenvalue weighted by atomic mass is 28.5. The van der Waals surface area contributed by atoms with Crippen LogP contribution in [0.1, 0.15) is 71.3 Å². The summed E-state index contributed by atoms with van der Waals surface area (Å²) in [5.41, 5.74) is 1.40. The number of rotatable bonds is 12. The number of carbonyl (C=O) groups excluding carboxylic acids is 1. The maximum absolute atomic E-state index is 13.4. The van der Waals surface area contributed by atoms with E-state index in [0.717, 1.165) is 6.54 Å². The number of fused-ring (bicyclic) bond motifs is 1. The molecule has 4 atom stereocenters. The molecule has 0 spiro atoms. The van der Waals surface area contributed by atoms with E-state index in [9.17, 15) is 9.59 Å². The Morgan fingerprint density at radius 1 is 1.02 bits per heavy atom. The number of nitrogens with zero attached hydrogens (tertiary/aromatic N) is 3. The van der Waals surface area contributed by atoms with Gasteiger partial charge >= 0.3 is 22.8 Å². The molecule has 2 aliphatic heterocycles. The summed E-state index contributed by atoms with van der Waals surface area (Å²) >= 11 is 0. The largest absolute Gasteiger partial charge is 0.414 e. The number of amides is 1. The zero-order chi connectivity index (χ0) is 34.7. The van der Waals surface area contributed by atoms with Crippen LogP contribution in [0.5, 0.6) is 0 Å². The number of aromatic nitrogens is 2. The van der Waals surface area contributed by atoms with Crippen LogP contribution >= 0.6 is 0 Å². The van der Waals surface area contributed by atoms with Crippen LogP contribution in [0.3, 0.4) is 0 Å². The highest BCUT2D eigenvalue weighted by Gasteiger charge is 2.61. The average molecular weight is 689 g/mol. The molecule has 2 fully saturated rings. The summed E-state index contributed by atoms with van der Waals surface area (Å²) in [7, 11) is -1.65. The molecule has 1 aromatic carbocycles. The van der Waals surface area contributed by atoms with Gasteiger partial charge in [-0.05, 0) is 55.3 Å². The van der Waals surface area contributed by atoms with E-state index in [2.05, 4.69) is 70.6 Å². The van der Waals surface area contributed by atoms with Crippen molar-refractivity contribution in [3.8, 4) is 0 Å². The van der Waals surface area contributed by atoms with Crippen molar-refractivity contribution in [2.45, 2.75) is 115 Å². The van der Waals surface area contributed by atoms with Crippen LogP contribution in [-0.4, -0.2) is 95.7 Å². The molecule has 0 unspecified atom stereocenters. The lowest BCUT2D eigenvalue weighted by Gasteiger charge is -2.51. The van der Waals surface area contributed by atoms with E-state index in [0.29, 0.717) is 24.3 Å². The van der Waals surface area contributed by atoms with Gasteiger partial charge in [-0.25, -0.2) is 4.79 Å². The molecule has 3 heterocycles. The van der Waals surface area contributed by atoms with Gasteiger partial charge in [0.2, 0.25) is 0 Å². The highest BCUT2D eigenvalue weighted by Crippen LogP contribution is 2.48. The van der Waals surface area contributed by atoms with Gasteiger partial charge in [0.05, 0.1) is 19.8 Å². The molecule has 2 aromatic rings. The van der Waals surface area contributed by atoms with Crippen LogP contribution < -0.4 is 11.0 Å². The Morgan fingerprint density at radius 2 is 1.64 bits per heavy atom. The van der Waals surface area contributed by atoms with E-state index < -0.39 is 47.2 Å². The maximum atomic E-state index is 13.4. The van der Waals surface area contributed by atoms with Gasteiger partial charge in [-0.2, -0.15) is 4.98 Å². The Kier molecular flexibility index (Phi) is 12.4. The minimum absolute atomic E-state index is 0.156. The fourth-order valence-corrected chi connectivity index (χ4v) is 18.0. The second kappa shape index (κ2) is 15.5. The molecule has 4 rings (SSSR count). The number of nitrogens with one attached hydrogen (secondary N) is 1. The number of ether oxygens (including phenoxy) is 2. The van der Waals surface area contributed by atoms with Gasteiger partial charge < -0.3 is 32.7 Å². The third-order valence-corrected chi connectivity index (χ3v) is 19.7. The summed E-state index contributed by atoms with van der Waals surface area (Å²) in [6.45, 7) is 21.1. The maximum Gasteiger partial charge on any atom is 0.349 e. The normalized spacial score (nSPS) is 24.2. The van der Waals surface area contributed by atoms with E-state index in [1.807, 2.05) is 27.1 Å². The van der Waals surface area contributed by atoms with Crippen LogP contribution in [0.25, 0.3) is 0 Å². The Balaban J connectivity index is 1.68. The number of likely N-dealkylation sites (N-methyl/N-ethyl adjacent to an activating group) is 1. The summed E-state index contributed by atoms with van der Waals surface area (Å²) in [5, 5.41) is 2.78. The lowest BCUT2D eigenvalue weighted by atomic mass is 10.1. The molecule has 1 N–H and O–H groups in total. The molecule has 0 radical (unpaired) electrons. The number of aryl methyl sites for hydroxylation is 1. The molecule has 11 nitrogen and oxygen atoms in total.